The van der Waals surface area contributed by atoms with E-state index in [0.29, 0.717) is 25.5 Å². The zero-order chi connectivity index (χ0) is 16.1. The Morgan fingerprint density at radius 3 is 2.64 bits per heavy atom. The van der Waals surface area contributed by atoms with Crippen LogP contribution in [0.5, 0.6) is 5.88 Å². The maximum Gasteiger partial charge on any atom is 0.317 e. The quantitative estimate of drug-likeness (QED) is 0.926. The van der Waals surface area contributed by atoms with Crippen molar-refractivity contribution >= 4 is 6.03 Å². The molecule has 6 nitrogen and oxygen atoms in total. The van der Waals surface area contributed by atoms with Crippen LogP contribution in [0.1, 0.15) is 33.3 Å². The predicted octanol–water partition coefficient (Wildman–Crippen LogP) is 2.19. The molecule has 1 N–H and O–H groups in total. The van der Waals surface area contributed by atoms with Gasteiger partial charge in [0.2, 0.25) is 5.88 Å². The fourth-order valence-corrected chi connectivity index (χ4v) is 2.46. The molecule has 2 rings (SSSR count). The summed E-state index contributed by atoms with van der Waals surface area (Å²) in [6.07, 6.45) is 1.97. The minimum absolute atomic E-state index is 0.0653. The maximum absolute atomic E-state index is 12.2. The first kappa shape index (κ1) is 16.5. The van der Waals surface area contributed by atoms with Gasteiger partial charge in [-0.2, -0.15) is 0 Å². The summed E-state index contributed by atoms with van der Waals surface area (Å²) in [6, 6.07) is 3.67. The SMILES string of the molecule is CC(C)Oc1ccc(CNC(=O)N2CC(C)OC(C)C2)cn1. The molecule has 1 aliphatic heterocycles. The lowest BCUT2D eigenvalue weighted by atomic mass is 10.2. The average molecular weight is 307 g/mol. The Balaban J connectivity index is 1.83. The Hall–Kier alpha value is -1.82. The Labute approximate surface area is 131 Å². The van der Waals surface area contributed by atoms with Gasteiger partial charge in [-0.05, 0) is 33.3 Å². The summed E-state index contributed by atoms with van der Waals surface area (Å²) in [4.78, 5) is 18.2. The average Bonchev–Trinajstić information content (AvgIpc) is 2.44. The van der Waals surface area contributed by atoms with Gasteiger partial charge in [-0.15, -0.1) is 0 Å². The lowest BCUT2D eigenvalue weighted by Gasteiger charge is -2.35. The molecule has 0 aromatic carbocycles. The number of pyridine rings is 1. The smallest absolute Gasteiger partial charge is 0.317 e. The van der Waals surface area contributed by atoms with Crippen LogP contribution in [0.15, 0.2) is 18.3 Å². The van der Waals surface area contributed by atoms with Crippen molar-refractivity contribution < 1.29 is 14.3 Å². The molecule has 2 heterocycles. The van der Waals surface area contributed by atoms with Gasteiger partial charge in [0.05, 0.1) is 18.3 Å². The molecule has 0 spiro atoms. The predicted molar refractivity (Wildman–Crippen MR) is 83.8 cm³/mol. The molecule has 6 heteroatoms. The van der Waals surface area contributed by atoms with Crippen molar-refractivity contribution in [3.8, 4) is 5.88 Å². The second kappa shape index (κ2) is 7.45. The highest BCUT2D eigenvalue weighted by molar-refractivity contribution is 5.74. The second-order valence-electron chi connectivity index (χ2n) is 5.99. The summed E-state index contributed by atoms with van der Waals surface area (Å²) in [7, 11) is 0. The largest absolute Gasteiger partial charge is 0.475 e. The minimum Gasteiger partial charge on any atom is -0.475 e. The highest BCUT2D eigenvalue weighted by Crippen LogP contribution is 2.12. The van der Waals surface area contributed by atoms with Crippen molar-refractivity contribution in [1.82, 2.24) is 15.2 Å². The Bertz CT molecular complexity index is 480. The number of hydrogen-bond acceptors (Lipinski definition) is 4. The topological polar surface area (TPSA) is 63.7 Å². The molecule has 0 bridgehead atoms. The first-order valence-corrected chi connectivity index (χ1v) is 7.74. The molecule has 0 saturated carbocycles. The minimum atomic E-state index is -0.0653. The van der Waals surface area contributed by atoms with E-state index in [1.54, 1.807) is 11.1 Å². The van der Waals surface area contributed by atoms with Crippen molar-refractivity contribution in [3.63, 3.8) is 0 Å². The molecule has 1 aromatic heterocycles. The normalized spacial score (nSPS) is 21.8. The summed E-state index contributed by atoms with van der Waals surface area (Å²) in [5.74, 6) is 0.598. The summed E-state index contributed by atoms with van der Waals surface area (Å²) in [6.45, 7) is 9.57. The number of rotatable bonds is 4. The van der Waals surface area contributed by atoms with E-state index in [9.17, 15) is 4.79 Å². The van der Waals surface area contributed by atoms with E-state index >= 15 is 0 Å². The molecule has 1 saturated heterocycles. The van der Waals surface area contributed by atoms with Gasteiger partial charge < -0.3 is 19.7 Å². The monoisotopic (exact) mass is 307 g/mol. The van der Waals surface area contributed by atoms with Crippen molar-refractivity contribution in [2.24, 2.45) is 0 Å². The van der Waals surface area contributed by atoms with E-state index in [2.05, 4.69) is 10.3 Å². The molecule has 2 atom stereocenters. The van der Waals surface area contributed by atoms with Crippen LogP contribution < -0.4 is 10.1 Å². The third-order valence-corrected chi connectivity index (χ3v) is 3.30. The van der Waals surface area contributed by atoms with Gasteiger partial charge in [0.25, 0.3) is 0 Å². The highest BCUT2D eigenvalue weighted by atomic mass is 16.5. The van der Waals surface area contributed by atoms with Crippen molar-refractivity contribution in [2.75, 3.05) is 13.1 Å². The molecule has 22 heavy (non-hydrogen) atoms. The Kier molecular flexibility index (Phi) is 5.60. The number of nitrogens with one attached hydrogen (secondary N) is 1. The van der Waals surface area contributed by atoms with Crippen LogP contribution in [0.2, 0.25) is 0 Å². The molecule has 1 aliphatic rings. The van der Waals surface area contributed by atoms with Crippen LogP contribution in [-0.4, -0.2) is 47.3 Å². The van der Waals surface area contributed by atoms with Gasteiger partial charge in [0, 0.05) is 31.9 Å². The Morgan fingerprint density at radius 2 is 2.09 bits per heavy atom. The summed E-state index contributed by atoms with van der Waals surface area (Å²) in [5.41, 5.74) is 0.943. The lowest BCUT2D eigenvalue weighted by Crippen LogP contribution is -2.51. The van der Waals surface area contributed by atoms with Gasteiger partial charge in [0.1, 0.15) is 0 Å². The van der Waals surface area contributed by atoms with Crippen LogP contribution in [0.4, 0.5) is 4.79 Å². The number of hydrogen-bond donors (Lipinski definition) is 1. The van der Waals surface area contributed by atoms with E-state index in [1.165, 1.54) is 0 Å². The summed E-state index contributed by atoms with van der Waals surface area (Å²) < 4.78 is 11.1. The second-order valence-corrected chi connectivity index (χ2v) is 5.99. The zero-order valence-electron chi connectivity index (χ0n) is 13.7. The fraction of sp³-hybridized carbons (Fsp3) is 0.625. The van der Waals surface area contributed by atoms with Crippen LogP contribution in [0.25, 0.3) is 0 Å². The number of carbonyl (C=O) groups excluding carboxylic acids is 1. The van der Waals surface area contributed by atoms with E-state index < -0.39 is 0 Å². The molecule has 0 radical (unpaired) electrons. The van der Waals surface area contributed by atoms with Gasteiger partial charge in [0.15, 0.2) is 0 Å². The van der Waals surface area contributed by atoms with Crippen molar-refractivity contribution in [2.45, 2.75) is 52.6 Å². The van der Waals surface area contributed by atoms with Crippen LogP contribution in [-0.2, 0) is 11.3 Å². The first-order chi connectivity index (χ1) is 10.4. The molecular weight excluding hydrogens is 282 g/mol. The van der Waals surface area contributed by atoms with Crippen molar-refractivity contribution in [3.05, 3.63) is 23.9 Å². The third-order valence-electron chi connectivity index (χ3n) is 3.30. The molecule has 0 aliphatic carbocycles. The number of amides is 2. The fourth-order valence-electron chi connectivity index (χ4n) is 2.46. The number of ether oxygens (including phenoxy) is 2. The number of carbonyl (C=O) groups is 1. The van der Waals surface area contributed by atoms with Crippen molar-refractivity contribution in [1.29, 1.82) is 0 Å². The summed E-state index contributed by atoms with van der Waals surface area (Å²) >= 11 is 0. The van der Waals surface area contributed by atoms with E-state index in [4.69, 9.17) is 9.47 Å². The molecule has 1 fully saturated rings. The molecule has 2 unspecified atom stereocenters. The standard InChI is InChI=1S/C16H25N3O3/c1-11(2)21-15-6-5-14(7-17-15)8-18-16(20)19-9-12(3)22-13(4)10-19/h5-7,11-13H,8-10H2,1-4H3,(H,18,20). The number of urea groups is 1. The molecule has 2 amide bonds. The maximum atomic E-state index is 12.2. The van der Waals surface area contributed by atoms with Crippen LogP contribution in [0.3, 0.4) is 0 Å². The number of morpholine rings is 1. The van der Waals surface area contributed by atoms with Gasteiger partial charge >= 0.3 is 6.03 Å². The lowest BCUT2D eigenvalue weighted by molar-refractivity contribution is -0.0545. The van der Waals surface area contributed by atoms with Gasteiger partial charge in [-0.25, -0.2) is 9.78 Å². The Morgan fingerprint density at radius 1 is 1.41 bits per heavy atom. The van der Waals surface area contributed by atoms with E-state index in [-0.39, 0.29) is 24.3 Å². The number of nitrogens with zero attached hydrogens (tertiary/aromatic N) is 2. The van der Waals surface area contributed by atoms with Gasteiger partial charge in [-0.1, -0.05) is 6.07 Å². The van der Waals surface area contributed by atoms with Crippen LogP contribution in [0, 0.1) is 0 Å². The summed E-state index contributed by atoms with van der Waals surface area (Å²) in [5, 5.41) is 2.92. The highest BCUT2D eigenvalue weighted by Gasteiger charge is 2.25. The van der Waals surface area contributed by atoms with Gasteiger partial charge in [-0.3, -0.25) is 0 Å². The first-order valence-electron chi connectivity index (χ1n) is 7.74. The number of aromatic nitrogens is 1. The van der Waals surface area contributed by atoms with Crippen LogP contribution >= 0.6 is 0 Å². The van der Waals surface area contributed by atoms with E-state index in [0.717, 1.165) is 5.56 Å². The zero-order valence-corrected chi connectivity index (χ0v) is 13.7. The van der Waals surface area contributed by atoms with E-state index in [1.807, 2.05) is 39.8 Å². The molecular formula is C16H25N3O3. The molecule has 122 valence electrons. The third kappa shape index (κ3) is 4.87. The molecule has 1 aromatic rings.